The molecule has 0 spiro atoms. The van der Waals surface area contributed by atoms with Gasteiger partial charge in [0.2, 0.25) is 17.6 Å². The van der Waals surface area contributed by atoms with E-state index >= 15 is 0 Å². The van der Waals surface area contributed by atoms with Gasteiger partial charge in [0.1, 0.15) is 0 Å². The lowest BCUT2D eigenvalue weighted by atomic mass is 9.95. The number of likely N-dealkylation sites (tertiary alicyclic amines) is 1. The summed E-state index contributed by atoms with van der Waals surface area (Å²) < 4.78 is 7.77. The van der Waals surface area contributed by atoms with E-state index in [1.807, 2.05) is 6.07 Å². The number of carbonyl (C=O) groups excluding carboxylic acids is 1. The molecule has 1 amide bonds. The molecule has 3 heterocycles. The van der Waals surface area contributed by atoms with Gasteiger partial charge in [-0.15, -0.1) is 0 Å². The van der Waals surface area contributed by atoms with Crippen LogP contribution in [0.3, 0.4) is 0 Å². The molecule has 1 N–H and O–H groups in total. The van der Waals surface area contributed by atoms with Gasteiger partial charge in [0.15, 0.2) is 0 Å². The predicted molar refractivity (Wildman–Crippen MR) is 152 cm³/mol. The molecule has 0 unspecified atom stereocenters. The molecular formula is C29H27Cl2N5O2. The molecule has 0 bridgehead atoms. The molecule has 2 aromatic heterocycles. The minimum absolute atomic E-state index is 0.0370. The number of anilines is 1. The molecule has 6 rings (SSSR count). The number of nitrogens with zero attached hydrogens (tertiary/aromatic N) is 4. The molecule has 9 heteroatoms. The molecule has 0 aliphatic carbocycles. The fraction of sp³-hybridized carbons (Fsp3) is 0.276. The number of piperidine rings is 1. The Hall–Kier alpha value is -3.39. The number of aromatic nitrogens is 3. The zero-order chi connectivity index (χ0) is 26.2. The highest BCUT2D eigenvalue weighted by atomic mass is 35.5. The van der Waals surface area contributed by atoms with Crippen LogP contribution in [0.4, 0.5) is 5.69 Å². The maximum Gasteiger partial charge on any atom is 0.241 e. The maximum absolute atomic E-state index is 13.1. The number of aryl methyl sites for hydroxylation is 1. The third-order valence-corrected chi connectivity index (χ3v) is 7.86. The predicted octanol–water partition coefficient (Wildman–Crippen LogP) is 7.02. The maximum atomic E-state index is 13.1. The van der Waals surface area contributed by atoms with Crippen molar-refractivity contribution < 1.29 is 9.32 Å². The summed E-state index contributed by atoms with van der Waals surface area (Å²) in [6.45, 7) is 5.14. The van der Waals surface area contributed by atoms with E-state index in [-0.39, 0.29) is 11.8 Å². The molecule has 1 aliphatic heterocycles. The zero-order valence-corrected chi connectivity index (χ0v) is 22.5. The monoisotopic (exact) mass is 547 g/mol. The molecule has 1 fully saturated rings. The number of nitrogens with one attached hydrogen (secondary N) is 1. The van der Waals surface area contributed by atoms with Crippen molar-refractivity contribution in [3.63, 3.8) is 0 Å². The lowest BCUT2D eigenvalue weighted by Crippen LogP contribution is -2.37. The summed E-state index contributed by atoms with van der Waals surface area (Å²) >= 11 is 12.3. The fourth-order valence-electron chi connectivity index (χ4n) is 5.36. The summed E-state index contributed by atoms with van der Waals surface area (Å²) in [5.74, 6) is 0.995. The first-order valence-corrected chi connectivity index (χ1v) is 13.6. The number of rotatable bonds is 6. The van der Waals surface area contributed by atoms with E-state index in [9.17, 15) is 4.79 Å². The van der Waals surface area contributed by atoms with E-state index in [0.29, 0.717) is 33.9 Å². The third kappa shape index (κ3) is 4.77. The van der Waals surface area contributed by atoms with Gasteiger partial charge in [-0.3, -0.25) is 9.69 Å². The number of fused-ring (bicyclic) bond motifs is 3. The van der Waals surface area contributed by atoms with Gasteiger partial charge in [-0.25, -0.2) is 0 Å². The molecule has 38 heavy (non-hydrogen) atoms. The average molecular weight is 548 g/mol. The molecule has 0 saturated carbocycles. The van der Waals surface area contributed by atoms with Crippen molar-refractivity contribution in [3.05, 3.63) is 76.6 Å². The highest BCUT2D eigenvalue weighted by Gasteiger charge is 2.26. The largest absolute Gasteiger partial charge is 0.341 e. The summed E-state index contributed by atoms with van der Waals surface area (Å²) in [6, 6.07) is 19.8. The Morgan fingerprint density at radius 3 is 2.61 bits per heavy atom. The second-order valence-corrected chi connectivity index (χ2v) is 10.5. The zero-order valence-electron chi connectivity index (χ0n) is 21.0. The van der Waals surface area contributed by atoms with E-state index in [1.165, 1.54) is 16.4 Å². The van der Waals surface area contributed by atoms with Crippen molar-refractivity contribution in [2.24, 2.45) is 5.92 Å². The molecular weight excluding hydrogens is 521 g/mol. The van der Waals surface area contributed by atoms with Crippen molar-refractivity contribution in [1.29, 1.82) is 0 Å². The van der Waals surface area contributed by atoms with Crippen molar-refractivity contribution in [2.45, 2.75) is 32.9 Å². The number of hydrogen-bond donors (Lipinski definition) is 1. The number of para-hydroxylation sites is 1. The number of halogens is 2. The van der Waals surface area contributed by atoms with Crippen LogP contribution in [0.5, 0.6) is 0 Å². The molecule has 3 aromatic carbocycles. The lowest BCUT2D eigenvalue weighted by molar-refractivity contribution is -0.121. The van der Waals surface area contributed by atoms with E-state index in [4.69, 9.17) is 27.7 Å². The summed E-state index contributed by atoms with van der Waals surface area (Å²) in [5, 5.41) is 10.6. The molecule has 194 valence electrons. The molecule has 1 aliphatic rings. The van der Waals surface area contributed by atoms with Crippen LogP contribution in [0, 0.1) is 5.92 Å². The number of carbonyl (C=O) groups is 1. The molecule has 1 saturated heterocycles. The smallest absolute Gasteiger partial charge is 0.241 e. The normalized spacial score (nSPS) is 14.9. The van der Waals surface area contributed by atoms with E-state index in [2.05, 4.69) is 68.2 Å². The molecule has 0 radical (unpaired) electrons. The van der Waals surface area contributed by atoms with E-state index < -0.39 is 0 Å². The highest BCUT2D eigenvalue weighted by molar-refractivity contribution is 6.36. The van der Waals surface area contributed by atoms with Gasteiger partial charge in [0, 0.05) is 50.5 Å². The fourth-order valence-corrected chi connectivity index (χ4v) is 5.85. The van der Waals surface area contributed by atoms with Crippen LogP contribution >= 0.6 is 23.2 Å². The van der Waals surface area contributed by atoms with Gasteiger partial charge in [-0.1, -0.05) is 46.6 Å². The standard InChI is InChI=1S/C29H27Cl2N5O2/c1-2-36-25-6-4-3-5-21(25)23-16-20(8-10-26(23)36)32-29(37)18-11-13-35(14-12-18)17-27-33-28(34-38-27)22-9-7-19(30)15-24(22)31/h3-10,15-16,18H,2,11-14,17H2,1H3,(H,32,37). The summed E-state index contributed by atoms with van der Waals surface area (Å²) in [5.41, 5.74) is 3.91. The van der Waals surface area contributed by atoms with Crippen LogP contribution in [0.25, 0.3) is 33.2 Å². The van der Waals surface area contributed by atoms with Crippen LogP contribution in [0.2, 0.25) is 10.0 Å². The first-order valence-electron chi connectivity index (χ1n) is 12.8. The van der Waals surface area contributed by atoms with Gasteiger partial charge in [0.05, 0.1) is 11.6 Å². The van der Waals surface area contributed by atoms with Crippen molar-refractivity contribution in [3.8, 4) is 11.4 Å². The van der Waals surface area contributed by atoms with Gasteiger partial charge >= 0.3 is 0 Å². The second-order valence-electron chi connectivity index (χ2n) is 9.67. The first kappa shape index (κ1) is 24.9. The first-order chi connectivity index (χ1) is 18.5. The Morgan fingerprint density at radius 1 is 1.03 bits per heavy atom. The van der Waals surface area contributed by atoms with Crippen LogP contribution < -0.4 is 5.32 Å². The van der Waals surface area contributed by atoms with E-state index in [0.717, 1.165) is 43.5 Å². The number of hydrogen-bond acceptors (Lipinski definition) is 5. The van der Waals surface area contributed by atoms with Crippen molar-refractivity contribution in [1.82, 2.24) is 19.6 Å². The topological polar surface area (TPSA) is 76.2 Å². The van der Waals surface area contributed by atoms with Crippen molar-refractivity contribution in [2.75, 3.05) is 18.4 Å². The lowest BCUT2D eigenvalue weighted by Gasteiger charge is -2.30. The Bertz CT molecular complexity index is 1640. The van der Waals surface area contributed by atoms with Gasteiger partial charge in [-0.05, 0) is 75.3 Å². The summed E-state index contributed by atoms with van der Waals surface area (Å²) in [6.07, 6.45) is 1.54. The second kappa shape index (κ2) is 10.4. The molecule has 7 nitrogen and oxygen atoms in total. The summed E-state index contributed by atoms with van der Waals surface area (Å²) in [7, 11) is 0. The Labute approximate surface area is 230 Å². The Morgan fingerprint density at radius 2 is 1.82 bits per heavy atom. The van der Waals surface area contributed by atoms with Crippen LogP contribution in [-0.2, 0) is 17.9 Å². The molecule has 0 atom stereocenters. The third-order valence-electron chi connectivity index (χ3n) is 7.31. The summed E-state index contributed by atoms with van der Waals surface area (Å²) in [4.78, 5) is 19.8. The van der Waals surface area contributed by atoms with Gasteiger partial charge in [0.25, 0.3) is 0 Å². The number of amides is 1. The minimum atomic E-state index is -0.0370. The van der Waals surface area contributed by atoms with Crippen molar-refractivity contribution >= 4 is 56.6 Å². The van der Waals surface area contributed by atoms with Crippen LogP contribution in [0.1, 0.15) is 25.7 Å². The average Bonchev–Trinajstić information content (AvgIpc) is 3.51. The Kier molecular flexibility index (Phi) is 6.82. The van der Waals surface area contributed by atoms with Crippen LogP contribution in [0.15, 0.2) is 65.2 Å². The van der Waals surface area contributed by atoms with Gasteiger partial charge in [-0.2, -0.15) is 4.98 Å². The Balaban J connectivity index is 1.08. The van der Waals surface area contributed by atoms with Gasteiger partial charge < -0.3 is 14.4 Å². The minimum Gasteiger partial charge on any atom is -0.341 e. The quantitative estimate of drug-likeness (QED) is 0.247. The SMILES string of the molecule is CCn1c2ccccc2c2cc(NC(=O)C3CCN(Cc4nc(-c5ccc(Cl)cc5Cl)no4)CC3)ccc21. The van der Waals surface area contributed by atoms with E-state index in [1.54, 1.807) is 18.2 Å². The van der Waals surface area contributed by atoms with Crippen LogP contribution in [-0.4, -0.2) is 38.6 Å². The molecule has 5 aromatic rings. The number of benzene rings is 3. The highest BCUT2D eigenvalue weighted by Crippen LogP contribution is 2.32.